The lowest BCUT2D eigenvalue weighted by Gasteiger charge is -2.11. The van der Waals surface area contributed by atoms with E-state index in [-0.39, 0.29) is 5.02 Å². The molecule has 2 N–H and O–H groups in total. The summed E-state index contributed by atoms with van der Waals surface area (Å²) >= 11 is 5.78. The monoisotopic (exact) mass is 374 g/mol. The van der Waals surface area contributed by atoms with Crippen LogP contribution in [-0.4, -0.2) is 24.2 Å². The molecule has 0 atom stereocenters. The van der Waals surface area contributed by atoms with Crippen LogP contribution in [0, 0.1) is 5.82 Å². The third-order valence-electron chi connectivity index (χ3n) is 3.49. The summed E-state index contributed by atoms with van der Waals surface area (Å²) < 4.78 is 23.7. The van der Waals surface area contributed by atoms with Crippen LogP contribution < -0.4 is 20.1 Å². The molecule has 0 saturated carbocycles. The molecule has 0 spiro atoms. The Labute approximate surface area is 155 Å². The van der Waals surface area contributed by atoms with Gasteiger partial charge < -0.3 is 20.1 Å². The highest BCUT2D eigenvalue weighted by Crippen LogP contribution is 2.31. The van der Waals surface area contributed by atoms with Crippen LogP contribution in [0.5, 0.6) is 11.5 Å². The molecule has 8 heteroatoms. The van der Waals surface area contributed by atoms with Gasteiger partial charge in [0.05, 0.1) is 19.2 Å². The molecule has 2 aromatic carbocycles. The Bertz CT molecular complexity index is 923. The number of anilines is 4. The minimum absolute atomic E-state index is 0.0228. The maximum Gasteiger partial charge on any atom is 0.229 e. The predicted molar refractivity (Wildman–Crippen MR) is 99.6 cm³/mol. The quantitative estimate of drug-likeness (QED) is 0.647. The summed E-state index contributed by atoms with van der Waals surface area (Å²) in [6.07, 6.45) is 1.60. The van der Waals surface area contributed by atoms with Crippen molar-refractivity contribution in [2.45, 2.75) is 0 Å². The number of hydrogen-bond donors (Lipinski definition) is 2. The molecule has 0 fully saturated rings. The largest absolute Gasteiger partial charge is 0.493 e. The first kappa shape index (κ1) is 17.8. The Balaban J connectivity index is 1.78. The molecule has 6 nitrogen and oxygen atoms in total. The number of nitrogens with zero attached hydrogens (tertiary/aromatic N) is 2. The van der Waals surface area contributed by atoms with Gasteiger partial charge in [0, 0.05) is 23.6 Å². The molecular formula is C18H16ClFN4O2. The highest BCUT2D eigenvalue weighted by atomic mass is 35.5. The van der Waals surface area contributed by atoms with Crippen molar-refractivity contribution in [3.05, 3.63) is 59.5 Å². The smallest absolute Gasteiger partial charge is 0.229 e. The van der Waals surface area contributed by atoms with E-state index in [4.69, 9.17) is 21.1 Å². The predicted octanol–water partition coefficient (Wildman–Crippen LogP) is 4.77. The molecule has 1 heterocycles. The number of nitrogens with one attached hydrogen (secondary N) is 2. The topological polar surface area (TPSA) is 68.3 Å². The van der Waals surface area contributed by atoms with Gasteiger partial charge in [-0.15, -0.1) is 0 Å². The molecule has 0 aliphatic rings. The molecule has 134 valence electrons. The Morgan fingerprint density at radius 3 is 2.38 bits per heavy atom. The lowest BCUT2D eigenvalue weighted by Crippen LogP contribution is -2.01. The van der Waals surface area contributed by atoms with Crippen LogP contribution in [0.1, 0.15) is 0 Å². The molecule has 0 aliphatic heterocycles. The second-order valence-corrected chi connectivity index (χ2v) is 5.62. The Morgan fingerprint density at radius 1 is 0.923 bits per heavy atom. The van der Waals surface area contributed by atoms with Gasteiger partial charge in [-0.25, -0.2) is 9.37 Å². The zero-order valence-electron chi connectivity index (χ0n) is 14.1. The van der Waals surface area contributed by atoms with Crippen molar-refractivity contribution in [2.75, 3.05) is 24.9 Å². The van der Waals surface area contributed by atoms with Crippen LogP contribution in [0.15, 0.2) is 48.7 Å². The van der Waals surface area contributed by atoms with Gasteiger partial charge in [-0.3, -0.25) is 0 Å². The summed E-state index contributed by atoms with van der Waals surface area (Å²) in [4.78, 5) is 8.52. The first-order valence-corrected chi connectivity index (χ1v) is 8.01. The fourth-order valence-corrected chi connectivity index (χ4v) is 2.43. The molecule has 26 heavy (non-hydrogen) atoms. The van der Waals surface area contributed by atoms with Crippen molar-refractivity contribution < 1.29 is 13.9 Å². The summed E-state index contributed by atoms with van der Waals surface area (Å²) in [6, 6.07) is 11.5. The zero-order valence-corrected chi connectivity index (χ0v) is 14.8. The summed E-state index contributed by atoms with van der Waals surface area (Å²) in [6.45, 7) is 0. The highest BCUT2D eigenvalue weighted by molar-refractivity contribution is 6.31. The molecule has 0 unspecified atom stereocenters. The molecule has 0 bridgehead atoms. The van der Waals surface area contributed by atoms with E-state index in [1.165, 1.54) is 12.1 Å². The average Bonchev–Trinajstić information content (AvgIpc) is 2.65. The van der Waals surface area contributed by atoms with Gasteiger partial charge in [0.2, 0.25) is 5.95 Å². The van der Waals surface area contributed by atoms with Crippen LogP contribution in [0.25, 0.3) is 0 Å². The number of halogens is 2. The molecule has 3 aromatic rings. The van der Waals surface area contributed by atoms with E-state index in [1.807, 2.05) is 6.07 Å². The van der Waals surface area contributed by atoms with Gasteiger partial charge in [-0.05, 0) is 36.4 Å². The molecule has 0 saturated heterocycles. The van der Waals surface area contributed by atoms with Crippen molar-refractivity contribution in [1.29, 1.82) is 0 Å². The third-order valence-corrected chi connectivity index (χ3v) is 3.78. The van der Waals surface area contributed by atoms with E-state index in [9.17, 15) is 4.39 Å². The Kier molecular flexibility index (Phi) is 5.38. The molecule has 0 aliphatic carbocycles. The lowest BCUT2D eigenvalue weighted by molar-refractivity contribution is 0.355. The van der Waals surface area contributed by atoms with Crippen molar-refractivity contribution in [3.8, 4) is 11.5 Å². The standard InChI is InChI=1S/C18H16ClFN4O2/c1-25-15-6-4-12(10-16(15)26-2)22-17-7-8-21-18(24-17)23-11-3-5-14(20)13(19)9-11/h3-10H,1-2H3,(H2,21,22,23,24). The van der Waals surface area contributed by atoms with Crippen LogP contribution in [0.4, 0.5) is 27.5 Å². The van der Waals surface area contributed by atoms with E-state index in [0.29, 0.717) is 29.0 Å². The van der Waals surface area contributed by atoms with E-state index in [1.54, 1.807) is 44.7 Å². The number of rotatable bonds is 6. The summed E-state index contributed by atoms with van der Waals surface area (Å²) in [5.74, 6) is 1.67. The van der Waals surface area contributed by atoms with Gasteiger partial charge in [0.1, 0.15) is 11.6 Å². The summed E-state index contributed by atoms with van der Waals surface area (Å²) in [5.41, 5.74) is 1.36. The molecular weight excluding hydrogens is 359 g/mol. The molecule has 3 rings (SSSR count). The lowest BCUT2D eigenvalue weighted by atomic mass is 10.2. The first-order valence-electron chi connectivity index (χ1n) is 7.63. The van der Waals surface area contributed by atoms with Crippen molar-refractivity contribution in [1.82, 2.24) is 9.97 Å². The summed E-state index contributed by atoms with van der Waals surface area (Å²) in [5, 5.41) is 6.17. The second-order valence-electron chi connectivity index (χ2n) is 5.21. The van der Waals surface area contributed by atoms with Crippen molar-refractivity contribution >= 4 is 34.7 Å². The van der Waals surface area contributed by atoms with E-state index in [0.717, 1.165) is 5.69 Å². The van der Waals surface area contributed by atoms with Crippen molar-refractivity contribution in [3.63, 3.8) is 0 Å². The average molecular weight is 375 g/mol. The third kappa shape index (κ3) is 4.12. The van der Waals surface area contributed by atoms with Gasteiger partial charge in [-0.1, -0.05) is 11.6 Å². The first-order chi connectivity index (χ1) is 12.6. The Morgan fingerprint density at radius 2 is 1.65 bits per heavy atom. The van der Waals surface area contributed by atoms with E-state index >= 15 is 0 Å². The highest BCUT2D eigenvalue weighted by Gasteiger charge is 2.07. The van der Waals surface area contributed by atoms with Gasteiger partial charge >= 0.3 is 0 Å². The van der Waals surface area contributed by atoms with Gasteiger partial charge in [0.25, 0.3) is 0 Å². The minimum atomic E-state index is -0.484. The van der Waals surface area contributed by atoms with E-state index in [2.05, 4.69) is 20.6 Å². The maximum absolute atomic E-state index is 13.2. The zero-order chi connectivity index (χ0) is 18.5. The number of benzene rings is 2. The normalized spacial score (nSPS) is 10.3. The van der Waals surface area contributed by atoms with Gasteiger partial charge in [0.15, 0.2) is 11.5 Å². The van der Waals surface area contributed by atoms with Crippen LogP contribution in [-0.2, 0) is 0 Å². The fourth-order valence-electron chi connectivity index (χ4n) is 2.25. The SMILES string of the molecule is COc1ccc(Nc2ccnc(Nc3ccc(F)c(Cl)c3)n2)cc1OC. The van der Waals surface area contributed by atoms with Crippen LogP contribution in [0.2, 0.25) is 5.02 Å². The maximum atomic E-state index is 13.2. The molecule has 0 amide bonds. The minimum Gasteiger partial charge on any atom is -0.493 e. The van der Waals surface area contributed by atoms with Gasteiger partial charge in [-0.2, -0.15) is 4.98 Å². The number of methoxy groups -OCH3 is 2. The molecule has 0 radical (unpaired) electrons. The fraction of sp³-hybridized carbons (Fsp3) is 0.111. The van der Waals surface area contributed by atoms with Crippen molar-refractivity contribution in [2.24, 2.45) is 0 Å². The second kappa shape index (κ2) is 7.88. The summed E-state index contributed by atoms with van der Waals surface area (Å²) in [7, 11) is 3.15. The van der Waals surface area contributed by atoms with E-state index < -0.39 is 5.82 Å². The van der Waals surface area contributed by atoms with Crippen LogP contribution in [0.3, 0.4) is 0 Å². The number of aromatic nitrogens is 2. The Hall–Kier alpha value is -3.06. The van der Waals surface area contributed by atoms with Crippen LogP contribution >= 0.6 is 11.6 Å². The number of ether oxygens (including phenoxy) is 2. The number of hydrogen-bond acceptors (Lipinski definition) is 6. The molecule has 1 aromatic heterocycles.